The molecule has 0 aromatic carbocycles. The third kappa shape index (κ3) is 52.8. The van der Waals surface area contributed by atoms with Crippen molar-refractivity contribution in [1.82, 2.24) is 4.98 Å². The summed E-state index contributed by atoms with van der Waals surface area (Å²) in [6.45, 7) is 0. The van der Waals surface area contributed by atoms with Crippen LogP contribution in [0, 0.1) is 11.3 Å². The quantitative estimate of drug-likeness (QED) is 0.341. The van der Waals surface area contributed by atoms with Crippen LogP contribution in [0.4, 0.5) is 0 Å². The number of aromatic nitrogens is 1. The summed E-state index contributed by atoms with van der Waals surface area (Å²) in [5.74, 6) is 0. The molecule has 0 atom stereocenters. The predicted octanol–water partition coefficient (Wildman–Crippen LogP) is 8.12. The standard InChI is InChI=1S/C6H4N2.10H2N.2Ru/c7-5-6-1-3-8-4-2-6;;;;;;;;;;;;/h1-4H;10*1H2;;/q;10*-1;2*+5. The summed E-state index contributed by atoms with van der Waals surface area (Å²) in [5, 5.41) is 8.26. The number of nitrogens with zero attached hydrogens (tertiary/aromatic N) is 2. The van der Waals surface area contributed by atoms with Gasteiger partial charge in [-0.1, -0.05) is 0 Å². The molecule has 0 spiro atoms. The molecule has 0 saturated heterocycles. The molecule has 0 unspecified atom stereocenters. The minimum Gasteiger partial charge on any atom is -0.693 e. The van der Waals surface area contributed by atoms with Gasteiger partial charge < -0.3 is 61.5 Å². The van der Waals surface area contributed by atoms with Crippen molar-refractivity contribution in [2.75, 3.05) is 0 Å². The molecule has 124 valence electrons. The van der Waals surface area contributed by atoms with E-state index in [-0.39, 0.29) is 100 Å². The average Bonchev–Trinajstić information content (AvgIpc) is 1.90. The van der Waals surface area contributed by atoms with Crippen LogP contribution < -0.4 is 0 Å². The molecule has 20 heavy (non-hydrogen) atoms. The SMILES string of the molecule is N#Cc1ccncc1.[NH2-].[NH2-].[NH2-].[NH2-].[NH2-].[NH2-].[NH2-].[NH2-].[NH2-].[NH2-].[Ru+5].[Ru+5]. The minimum absolute atomic E-state index is 0. The normalized spacial score (nSPS) is 3.15. The zero-order chi connectivity index (χ0) is 5.82. The smallest absolute Gasteiger partial charge is 0.693 e. The van der Waals surface area contributed by atoms with Gasteiger partial charge in [-0.2, -0.15) is 5.26 Å². The Kier molecular flexibility index (Phi) is 466. The fourth-order valence-electron chi connectivity index (χ4n) is 0.426. The predicted molar refractivity (Wildman–Crippen MR) is 81.8 cm³/mol. The summed E-state index contributed by atoms with van der Waals surface area (Å²) in [6.07, 6.45) is 3.19. The Morgan fingerprint density at radius 1 is 0.650 bits per heavy atom. The molecule has 14 heteroatoms. The maximum absolute atomic E-state index is 8.26. The molecule has 1 aromatic rings. The van der Waals surface area contributed by atoms with Crippen LogP contribution in [-0.4, -0.2) is 4.98 Å². The second-order valence-corrected chi connectivity index (χ2v) is 1.35. The van der Waals surface area contributed by atoms with Gasteiger partial charge in [-0.15, -0.1) is 0 Å². The minimum atomic E-state index is 0. The first-order valence-corrected chi connectivity index (χ1v) is 2.23. The molecule has 0 aliphatic carbocycles. The zero-order valence-corrected chi connectivity index (χ0v) is 14.2. The van der Waals surface area contributed by atoms with Gasteiger partial charge in [0.25, 0.3) is 0 Å². The molecule has 0 aliphatic heterocycles. The van der Waals surface area contributed by atoms with E-state index in [1.807, 2.05) is 6.07 Å². The molecule has 1 rings (SSSR count). The van der Waals surface area contributed by atoms with Gasteiger partial charge in [0.1, 0.15) is 0 Å². The van der Waals surface area contributed by atoms with Gasteiger partial charge in [-0.3, -0.25) is 4.98 Å². The number of nitriles is 1. The van der Waals surface area contributed by atoms with Gasteiger partial charge in [0.2, 0.25) is 0 Å². The number of pyridine rings is 1. The molecule has 12 nitrogen and oxygen atoms in total. The van der Waals surface area contributed by atoms with Crippen molar-refractivity contribution in [3.8, 4) is 6.07 Å². The fourth-order valence-corrected chi connectivity index (χ4v) is 0.426. The second kappa shape index (κ2) is 78.5. The molecule has 0 amide bonds. The Bertz CT molecular complexity index is 217. The number of hydrogen-bond donors (Lipinski definition) is 0. The monoisotopic (exact) mass is 468 g/mol. The van der Waals surface area contributed by atoms with Crippen molar-refractivity contribution in [3.63, 3.8) is 0 Å². The van der Waals surface area contributed by atoms with Crippen LogP contribution in [0.2, 0.25) is 0 Å². The van der Waals surface area contributed by atoms with Gasteiger partial charge in [-0.05, 0) is 12.1 Å². The van der Waals surface area contributed by atoms with E-state index in [1.54, 1.807) is 24.5 Å². The third-order valence-corrected chi connectivity index (χ3v) is 0.809. The maximum atomic E-state index is 8.26. The van der Waals surface area contributed by atoms with Crippen LogP contribution in [0.3, 0.4) is 0 Å². The first kappa shape index (κ1) is 119. The Balaban J connectivity index is -0.00000000533. The van der Waals surface area contributed by atoms with Gasteiger partial charge in [-0.25, -0.2) is 0 Å². The van der Waals surface area contributed by atoms with Crippen molar-refractivity contribution >= 4 is 0 Å². The van der Waals surface area contributed by atoms with E-state index in [4.69, 9.17) is 5.26 Å². The Hall–Kier alpha value is -0.513. The summed E-state index contributed by atoms with van der Waals surface area (Å²) >= 11 is 0. The Morgan fingerprint density at radius 2 is 0.900 bits per heavy atom. The largest absolute Gasteiger partial charge is 5.00 e. The number of hydrogen-bond acceptors (Lipinski definition) is 2. The van der Waals surface area contributed by atoms with Crippen LogP contribution in [0.5, 0.6) is 0 Å². The van der Waals surface area contributed by atoms with Gasteiger partial charge in [0, 0.05) is 12.4 Å². The Morgan fingerprint density at radius 3 is 1.05 bits per heavy atom. The van der Waals surface area contributed by atoms with E-state index < -0.39 is 0 Å². The summed E-state index contributed by atoms with van der Waals surface area (Å²) in [6, 6.07) is 5.32. The molecular weight excluding hydrogens is 442 g/mol. The van der Waals surface area contributed by atoms with Crippen LogP contribution in [0.1, 0.15) is 5.56 Å². The molecule has 2 radical (unpaired) electrons. The summed E-state index contributed by atoms with van der Waals surface area (Å²) in [4.78, 5) is 3.74. The van der Waals surface area contributed by atoms with Crippen LogP contribution in [0.15, 0.2) is 24.5 Å². The molecule has 0 fully saturated rings. The number of rotatable bonds is 0. The van der Waals surface area contributed by atoms with Crippen LogP contribution >= 0.6 is 0 Å². The van der Waals surface area contributed by atoms with Gasteiger partial charge >= 0.3 is 39.0 Å². The first-order valence-electron chi connectivity index (χ1n) is 2.23. The first-order chi connectivity index (χ1) is 3.93. The second-order valence-electron chi connectivity index (χ2n) is 1.35. The van der Waals surface area contributed by atoms with E-state index in [0.29, 0.717) is 5.56 Å². The van der Waals surface area contributed by atoms with Gasteiger partial charge in [0.05, 0.1) is 11.6 Å². The Labute approximate surface area is 147 Å². The summed E-state index contributed by atoms with van der Waals surface area (Å²) in [5.41, 5.74) is 0.653. The molecule has 0 bridgehead atoms. The molecule has 1 heterocycles. The molecule has 0 aliphatic rings. The average molecular weight is 466 g/mol. The molecule has 20 N–H and O–H groups in total. The van der Waals surface area contributed by atoms with E-state index in [9.17, 15) is 0 Å². The summed E-state index contributed by atoms with van der Waals surface area (Å²) < 4.78 is 0. The van der Waals surface area contributed by atoms with E-state index in [0.717, 1.165) is 0 Å². The van der Waals surface area contributed by atoms with E-state index in [1.165, 1.54) is 0 Å². The fraction of sp³-hybridized carbons (Fsp3) is 0. The zero-order valence-electron chi connectivity index (χ0n) is 10.7. The van der Waals surface area contributed by atoms with Crippen molar-refractivity contribution in [2.45, 2.75) is 0 Å². The van der Waals surface area contributed by atoms with Crippen molar-refractivity contribution in [3.05, 3.63) is 91.6 Å². The topological polar surface area (TPSA) is 372 Å². The van der Waals surface area contributed by atoms with Crippen molar-refractivity contribution in [2.24, 2.45) is 0 Å². The van der Waals surface area contributed by atoms with Crippen LogP contribution in [0.25, 0.3) is 61.5 Å². The van der Waals surface area contributed by atoms with Crippen molar-refractivity contribution < 1.29 is 39.0 Å². The third-order valence-electron chi connectivity index (χ3n) is 0.809. The molecular formula is C6H24N12Ru2. The van der Waals surface area contributed by atoms with E-state index in [2.05, 4.69) is 4.98 Å². The van der Waals surface area contributed by atoms with Crippen molar-refractivity contribution in [1.29, 1.82) is 5.26 Å². The van der Waals surface area contributed by atoms with Gasteiger partial charge in [0.15, 0.2) is 0 Å². The number of nitrogens with two attached hydrogens (primary N) is 10. The van der Waals surface area contributed by atoms with Crippen LogP contribution in [-0.2, 0) is 39.0 Å². The van der Waals surface area contributed by atoms with E-state index >= 15 is 0 Å². The summed E-state index contributed by atoms with van der Waals surface area (Å²) in [7, 11) is 0. The molecule has 0 saturated carbocycles. The maximum Gasteiger partial charge on any atom is 5.00 e. The molecule has 1 aromatic heterocycles.